The maximum atomic E-state index is 10.3. The predicted molar refractivity (Wildman–Crippen MR) is 95.7 cm³/mol. The summed E-state index contributed by atoms with van der Waals surface area (Å²) in [5, 5.41) is 40.5. The van der Waals surface area contributed by atoms with E-state index in [2.05, 4.69) is 27.7 Å². The summed E-state index contributed by atoms with van der Waals surface area (Å²) < 4.78 is 0. The molecule has 1 spiro atoms. The maximum Gasteiger partial charge on any atom is 0.157 e. The lowest BCUT2D eigenvalue weighted by molar-refractivity contribution is 0.0770. The van der Waals surface area contributed by atoms with E-state index in [9.17, 15) is 20.4 Å². The average molecular weight is 342 g/mol. The molecule has 3 atom stereocenters. The molecule has 0 amide bonds. The van der Waals surface area contributed by atoms with Crippen LogP contribution in [-0.2, 0) is 10.8 Å². The van der Waals surface area contributed by atoms with Gasteiger partial charge in [0.25, 0.3) is 0 Å². The molecule has 1 fully saturated rings. The van der Waals surface area contributed by atoms with E-state index in [1.54, 1.807) is 24.3 Å². The first-order valence-corrected chi connectivity index (χ1v) is 8.86. The Bertz CT molecular complexity index is 831. The zero-order valence-corrected chi connectivity index (χ0v) is 15.2. The summed E-state index contributed by atoms with van der Waals surface area (Å²) >= 11 is 0. The molecule has 1 saturated carbocycles. The van der Waals surface area contributed by atoms with Crippen LogP contribution in [0.2, 0.25) is 0 Å². The molecular formula is C21H26O4. The molecule has 0 aromatic heterocycles. The minimum absolute atomic E-state index is 0.0926. The van der Waals surface area contributed by atoms with Crippen LogP contribution in [0, 0.1) is 5.41 Å². The van der Waals surface area contributed by atoms with Gasteiger partial charge in [-0.1, -0.05) is 27.7 Å². The van der Waals surface area contributed by atoms with Gasteiger partial charge in [-0.2, -0.15) is 0 Å². The lowest BCUT2D eigenvalue weighted by Crippen LogP contribution is -2.30. The van der Waals surface area contributed by atoms with Gasteiger partial charge in [0.1, 0.15) is 12.2 Å². The molecule has 0 bridgehead atoms. The summed E-state index contributed by atoms with van der Waals surface area (Å²) in [7, 11) is 0. The molecule has 1 aromatic rings. The van der Waals surface area contributed by atoms with Crippen LogP contribution in [0.1, 0.15) is 51.7 Å². The number of aromatic hydroxyl groups is 2. The number of aliphatic hydroxyl groups excluding tert-OH is 2. The van der Waals surface area contributed by atoms with Gasteiger partial charge in [-0.15, -0.1) is 0 Å². The minimum Gasteiger partial charge on any atom is -0.504 e. The molecule has 4 rings (SSSR count). The Hall–Kier alpha value is -1.78. The van der Waals surface area contributed by atoms with Crippen molar-refractivity contribution in [3.05, 3.63) is 46.6 Å². The summed E-state index contributed by atoms with van der Waals surface area (Å²) in [6.07, 6.45) is 3.48. The monoisotopic (exact) mass is 342 g/mol. The van der Waals surface area contributed by atoms with Gasteiger partial charge in [0.2, 0.25) is 0 Å². The van der Waals surface area contributed by atoms with Gasteiger partial charge in [0.05, 0.1) is 0 Å². The second kappa shape index (κ2) is 4.68. The first-order valence-electron chi connectivity index (χ1n) is 8.86. The van der Waals surface area contributed by atoms with Gasteiger partial charge in [0.15, 0.2) is 11.5 Å². The lowest BCUT2D eigenvalue weighted by Gasteiger charge is -2.32. The van der Waals surface area contributed by atoms with Crippen molar-refractivity contribution < 1.29 is 20.4 Å². The van der Waals surface area contributed by atoms with Crippen molar-refractivity contribution in [1.29, 1.82) is 0 Å². The molecule has 3 aliphatic carbocycles. The van der Waals surface area contributed by atoms with Crippen molar-refractivity contribution in [2.45, 2.75) is 63.6 Å². The van der Waals surface area contributed by atoms with Gasteiger partial charge in [-0.05, 0) is 70.2 Å². The molecule has 25 heavy (non-hydrogen) atoms. The highest BCUT2D eigenvalue weighted by molar-refractivity contribution is 5.65. The molecule has 4 heteroatoms. The van der Waals surface area contributed by atoms with E-state index in [0.29, 0.717) is 0 Å². The van der Waals surface area contributed by atoms with E-state index in [1.165, 1.54) is 0 Å². The quantitative estimate of drug-likeness (QED) is 0.546. The van der Waals surface area contributed by atoms with Crippen molar-refractivity contribution in [2.24, 2.45) is 5.41 Å². The highest BCUT2D eigenvalue weighted by atomic mass is 16.3. The van der Waals surface area contributed by atoms with Gasteiger partial charge in [-0.25, -0.2) is 0 Å². The molecule has 1 aromatic carbocycles. The van der Waals surface area contributed by atoms with E-state index in [-0.39, 0.29) is 27.7 Å². The number of allylic oxidation sites excluding steroid dienone is 2. The summed E-state index contributed by atoms with van der Waals surface area (Å²) in [6.45, 7) is 8.63. The number of benzene rings is 1. The third-order valence-corrected chi connectivity index (χ3v) is 6.41. The van der Waals surface area contributed by atoms with Crippen LogP contribution in [0.5, 0.6) is 11.5 Å². The van der Waals surface area contributed by atoms with E-state index < -0.39 is 12.2 Å². The Labute approximate surface area is 148 Å². The van der Waals surface area contributed by atoms with Crippen molar-refractivity contribution in [1.82, 2.24) is 0 Å². The SMILES string of the molecule is CC1(C)C[C@]2(CC(C)(C)c3cc(O)c(O)cc32)C2=C[C@@H](O)[C@@H](O)C=C21. The van der Waals surface area contributed by atoms with Crippen LogP contribution < -0.4 is 0 Å². The van der Waals surface area contributed by atoms with Crippen LogP contribution in [0.15, 0.2) is 35.4 Å². The Morgan fingerprint density at radius 1 is 0.760 bits per heavy atom. The first kappa shape index (κ1) is 16.7. The Morgan fingerprint density at radius 3 is 1.84 bits per heavy atom. The number of rotatable bonds is 0. The van der Waals surface area contributed by atoms with E-state index in [1.807, 2.05) is 0 Å². The lowest BCUT2D eigenvalue weighted by atomic mass is 9.72. The molecular weight excluding hydrogens is 316 g/mol. The van der Waals surface area contributed by atoms with Crippen LogP contribution in [0.3, 0.4) is 0 Å². The third-order valence-electron chi connectivity index (χ3n) is 6.41. The smallest absolute Gasteiger partial charge is 0.157 e. The topological polar surface area (TPSA) is 80.9 Å². The molecule has 134 valence electrons. The van der Waals surface area contributed by atoms with Crippen LogP contribution >= 0.6 is 0 Å². The summed E-state index contributed by atoms with van der Waals surface area (Å²) in [6, 6.07) is 3.37. The van der Waals surface area contributed by atoms with Crippen molar-refractivity contribution >= 4 is 0 Å². The zero-order chi connectivity index (χ0) is 18.4. The van der Waals surface area contributed by atoms with Gasteiger partial charge in [0, 0.05) is 5.41 Å². The molecule has 3 aliphatic rings. The van der Waals surface area contributed by atoms with Crippen LogP contribution in [0.4, 0.5) is 0 Å². The molecule has 0 heterocycles. The second-order valence-electron chi connectivity index (χ2n) is 9.23. The fraction of sp³-hybridized carbons (Fsp3) is 0.524. The van der Waals surface area contributed by atoms with Crippen LogP contribution in [-0.4, -0.2) is 32.6 Å². The number of phenolic OH excluding ortho intramolecular Hbond substituents is 2. The van der Waals surface area contributed by atoms with Crippen molar-refractivity contribution in [3.63, 3.8) is 0 Å². The van der Waals surface area contributed by atoms with Crippen molar-refractivity contribution in [3.8, 4) is 11.5 Å². The number of hydrogen-bond donors (Lipinski definition) is 4. The van der Waals surface area contributed by atoms with Gasteiger partial charge < -0.3 is 20.4 Å². The van der Waals surface area contributed by atoms with Gasteiger partial charge in [-0.3, -0.25) is 0 Å². The van der Waals surface area contributed by atoms with E-state index >= 15 is 0 Å². The second-order valence-corrected chi connectivity index (χ2v) is 9.23. The van der Waals surface area contributed by atoms with Crippen molar-refractivity contribution in [2.75, 3.05) is 0 Å². The normalized spacial score (nSPS) is 34.5. The first-order chi connectivity index (χ1) is 11.5. The van der Waals surface area contributed by atoms with Crippen LogP contribution in [0.25, 0.3) is 0 Å². The molecule has 4 nitrogen and oxygen atoms in total. The average Bonchev–Trinajstić information content (AvgIpc) is 2.82. The standard InChI is InChI=1S/C21H26O4/c1-19(2)9-21(13-7-17(24)15(22)5-11(13)19)10-20(3,4)12-6-16(23)18(25)8-14(12)21/h5-8,15,17,22-25H,9-10H2,1-4H3/t15-,17+,21-/m0/s1. The molecule has 0 saturated heterocycles. The Kier molecular flexibility index (Phi) is 3.12. The fourth-order valence-electron chi connectivity index (χ4n) is 5.55. The van der Waals surface area contributed by atoms with Gasteiger partial charge >= 0.3 is 0 Å². The molecule has 0 aliphatic heterocycles. The Morgan fingerprint density at radius 2 is 1.24 bits per heavy atom. The molecule has 0 unspecified atom stereocenters. The molecule has 0 radical (unpaired) electrons. The van der Waals surface area contributed by atoms with E-state index in [4.69, 9.17) is 0 Å². The summed E-state index contributed by atoms with van der Waals surface area (Å²) in [4.78, 5) is 0. The Balaban J connectivity index is 2.00. The highest BCUT2D eigenvalue weighted by Gasteiger charge is 2.59. The maximum absolute atomic E-state index is 10.3. The summed E-state index contributed by atoms with van der Waals surface area (Å²) in [5.74, 6) is -0.201. The zero-order valence-electron chi connectivity index (χ0n) is 15.2. The third kappa shape index (κ3) is 2.07. The minimum atomic E-state index is -0.914. The largest absolute Gasteiger partial charge is 0.504 e. The number of phenols is 2. The molecule has 4 N–H and O–H groups in total. The number of hydrogen-bond acceptors (Lipinski definition) is 4. The number of aliphatic hydroxyl groups is 2. The fourth-order valence-corrected chi connectivity index (χ4v) is 5.55. The predicted octanol–water partition coefficient (Wildman–Crippen LogP) is 3.04. The summed E-state index contributed by atoms with van der Waals surface area (Å²) in [5.41, 5.74) is 3.60. The number of fused-ring (bicyclic) bond motifs is 4. The van der Waals surface area contributed by atoms with E-state index in [0.717, 1.165) is 35.1 Å². The highest BCUT2D eigenvalue weighted by Crippen LogP contribution is 2.67.